The molecule has 1 aromatic rings. The molecule has 0 spiro atoms. The van der Waals surface area contributed by atoms with Gasteiger partial charge in [-0.05, 0) is 24.6 Å². The third kappa shape index (κ3) is 2.02. The quantitative estimate of drug-likeness (QED) is 0.701. The molecule has 0 radical (unpaired) electrons. The zero-order chi connectivity index (χ0) is 11.5. The normalized spacial score (nSPS) is 25.2. The van der Waals surface area contributed by atoms with Crippen molar-refractivity contribution in [3.8, 4) is 5.75 Å². The average Bonchev–Trinajstić information content (AvgIpc) is 2.29. The number of aliphatic carboxylic acids is 1. The first kappa shape index (κ1) is 11.0. The van der Waals surface area contributed by atoms with Crippen LogP contribution in [0, 0.1) is 5.92 Å². The number of phenols is 1. The number of para-hydroxylation sites is 1. The largest absolute Gasteiger partial charge is 0.508 e. The van der Waals surface area contributed by atoms with Crippen LogP contribution in [0.2, 0.25) is 0 Å². The number of hydrogen-bond donors (Lipinski definition) is 3. The first-order valence-electron chi connectivity index (χ1n) is 5.41. The number of nitrogens with one attached hydrogen (secondary N) is 1. The lowest BCUT2D eigenvalue weighted by Crippen LogP contribution is -2.39. The third-order valence-electron chi connectivity index (χ3n) is 3.14. The highest BCUT2D eigenvalue weighted by molar-refractivity contribution is 5.72. The predicted molar refractivity (Wildman–Crippen MR) is 59.5 cm³/mol. The molecule has 86 valence electrons. The van der Waals surface area contributed by atoms with Gasteiger partial charge in [0.15, 0.2) is 0 Å². The van der Waals surface area contributed by atoms with Crippen LogP contribution in [0.25, 0.3) is 0 Å². The van der Waals surface area contributed by atoms with E-state index in [1.165, 1.54) is 0 Å². The van der Waals surface area contributed by atoms with E-state index < -0.39 is 11.9 Å². The molecule has 2 unspecified atom stereocenters. The van der Waals surface area contributed by atoms with Crippen LogP contribution < -0.4 is 5.32 Å². The molecule has 0 aliphatic carbocycles. The number of piperidine rings is 1. The molecular weight excluding hydrogens is 206 g/mol. The van der Waals surface area contributed by atoms with Crippen LogP contribution in [-0.2, 0) is 4.79 Å². The maximum Gasteiger partial charge on any atom is 0.308 e. The van der Waals surface area contributed by atoms with E-state index in [4.69, 9.17) is 5.11 Å². The summed E-state index contributed by atoms with van der Waals surface area (Å²) in [7, 11) is 0. The zero-order valence-corrected chi connectivity index (χ0v) is 8.89. The van der Waals surface area contributed by atoms with Gasteiger partial charge in [-0.15, -0.1) is 0 Å². The van der Waals surface area contributed by atoms with E-state index in [9.17, 15) is 9.90 Å². The van der Waals surface area contributed by atoms with Gasteiger partial charge in [-0.1, -0.05) is 18.2 Å². The Morgan fingerprint density at radius 1 is 1.38 bits per heavy atom. The van der Waals surface area contributed by atoms with Crippen molar-refractivity contribution in [1.29, 1.82) is 0 Å². The van der Waals surface area contributed by atoms with E-state index >= 15 is 0 Å². The Kier molecular flexibility index (Phi) is 3.10. The van der Waals surface area contributed by atoms with Gasteiger partial charge in [-0.25, -0.2) is 0 Å². The number of carboxylic acid groups (broad SMARTS) is 1. The molecule has 2 rings (SSSR count). The van der Waals surface area contributed by atoms with Crippen LogP contribution in [0.3, 0.4) is 0 Å². The van der Waals surface area contributed by atoms with Gasteiger partial charge in [0.05, 0.1) is 5.92 Å². The molecule has 0 bridgehead atoms. The first-order chi connectivity index (χ1) is 7.70. The van der Waals surface area contributed by atoms with E-state index in [1.807, 2.05) is 6.07 Å². The van der Waals surface area contributed by atoms with Gasteiger partial charge in [-0.2, -0.15) is 0 Å². The van der Waals surface area contributed by atoms with Crippen molar-refractivity contribution in [2.75, 3.05) is 13.1 Å². The lowest BCUT2D eigenvalue weighted by molar-refractivity contribution is -0.142. The minimum Gasteiger partial charge on any atom is -0.508 e. The number of carbonyl (C=O) groups is 1. The molecular formula is C12H15NO3. The maximum atomic E-state index is 11.1. The standard InChI is InChI=1S/C12H15NO3/c14-11-4-2-1-3-9(11)8-5-6-13-7-10(8)12(15)16/h1-4,8,10,13-14H,5-7H2,(H,15,16). The molecule has 0 aromatic heterocycles. The Balaban J connectivity index is 2.30. The predicted octanol–water partition coefficient (Wildman–Crippen LogP) is 1.17. The highest BCUT2D eigenvalue weighted by atomic mass is 16.4. The molecule has 3 N–H and O–H groups in total. The van der Waals surface area contributed by atoms with Crippen LogP contribution >= 0.6 is 0 Å². The summed E-state index contributed by atoms with van der Waals surface area (Å²) in [5, 5.41) is 22.0. The second-order valence-electron chi connectivity index (χ2n) is 4.10. The van der Waals surface area contributed by atoms with E-state index in [0.29, 0.717) is 6.54 Å². The number of phenolic OH excluding ortho intramolecular Hbond substituents is 1. The molecule has 1 fully saturated rings. The van der Waals surface area contributed by atoms with Gasteiger partial charge in [0.2, 0.25) is 0 Å². The summed E-state index contributed by atoms with van der Waals surface area (Å²) in [6.45, 7) is 1.26. The minimum absolute atomic E-state index is 0.0973. The van der Waals surface area contributed by atoms with Gasteiger partial charge in [0.1, 0.15) is 5.75 Å². The number of carboxylic acids is 1. The van der Waals surface area contributed by atoms with Gasteiger partial charge in [0, 0.05) is 12.5 Å². The Labute approximate surface area is 93.9 Å². The Hall–Kier alpha value is -1.55. The van der Waals surface area contributed by atoms with Crippen molar-refractivity contribution in [3.05, 3.63) is 29.8 Å². The number of benzene rings is 1. The van der Waals surface area contributed by atoms with Crippen molar-refractivity contribution in [3.63, 3.8) is 0 Å². The number of rotatable bonds is 2. The molecule has 0 saturated carbocycles. The SMILES string of the molecule is O=C(O)C1CNCCC1c1ccccc1O. The number of aromatic hydroxyl groups is 1. The molecule has 1 heterocycles. The van der Waals surface area contributed by atoms with Gasteiger partial charge in [-0.3, -0.25) is 4.79 Å². The van der Waals surface area contributed by atoms with Crippen LogP contribution in [0.5, 0.6) is 5.75 Å². The maximum absolute atomic E-state index is 11.1. The van der Waals surface area contributed by atoms with Gasteiger partial charge >= 0.3 is 5.97 Å². The summed E-state index contributed by atoms with van der Waals surface area (Å²) in [6.07, 6.45) is 0.745. The molecule has 1 aromatic carbocycles. The minimum atomic E-state index is -0.805. The van der Waals surface area contributed by atoms with E-state index in [2.05, 4.69) is 5.32 Å². The molecule has 16 heavy (non-hydrogen) atoms. The van der Waals surface area contributed by atoms with Crippen LogP contribution in [0.1, 0.15) is 17.9 Å². The molecule has 4 heteroatoms. The van der Waals surface area contributed by atoms with Crippen molar-refractivity contribution < 1.29 is 15.0 Å². The lowest BCUT2D eigenvalue weighted by atomic mass is 9.81. The van der Waals surface area contributed by atoms with E-state index in [1.54, 1.807) is 18.2 Å². The average molecular weight is 221 g/mol. The Bertz CT molecular complexity index is 392. The van der Waals surface area contributed by atoms with Crippen LogP contribution in [0.15, 0.2) is 24.3 Å². The van der Waals surface area contributed by atoms with Gasteiger partial charge in [0.25, 0.3) is 0 Å². The molecule has 1 saturated heterocycles. The van der Waals surface area contributed by atoms with Crippen molar-refractivity contribution >= 4 is 5.97 Å². The third-order valence-corrected chi connectivity index (χ3v) is 3.14. The molecule has 0 amide bonds. The second kappa shape index (κ2) is 4.53. The highest BCUT2D eigenvalue weighted by Gasteiger charge is 2.32. The second-order valence-corrected chi connectivity index (χ2v) is 4.10. The molecule has 1 aliphatic rings. The fourth-order valence-electron chi connectivity index (χ4n) is 2.29. The van der Waals surface area contributed by atoms with Crippen molar-refractivity contribution in [1.82, 2.24) is 5.32 Å². The first-order valence-corrected chi connectivity index (χ1v) is 5.41. The summed E-state index contributed by atoms with van der Waals surface area (Å²) < 4.78 is 0. The van der Waals surface area contributed by atoms with Crippen molar-refractivity contribution in [2.24, 2.45) is 5.92 Å². The van der Waals surface area contributed by atoms with E-state index in [0.717, 1.165) is 18.5 Å². The number of hydrogen-bond acceptors (Lipinski definition) is 3. The van der Waals surface area contributed by atoms with Crippen LogP contribution in [0.4, 0.5) is 0 Å². The lowest BCUT2D eigenvalue weighted by Gasteiger charge is -2.29. The smallest absolute Gasteiger partial charge is 0.308 e. The summed E-state index contributed by atoms with van der Waals surface area (Å²) in [5.41, 5.74) is 0.747. The molecule has 1 aliphatic heterocycles. The van der Waals surface area contributed by atoms with Crippen molar-refractivity contribution in [2.45, 2.75) is 12.3 Å². The highest BCUT2D eigenvalue weighted by Crippen LogP contribution is 2.35. The van der Waals surface area contributed by atoms with E-state index in [-0.39, 0.29) is 11.7 Å². The Morgan fingerprint density at radius 2 is 2.12 bits per heavy atom. The zero-order valence-electron chi connectivity index (χ0n) is 8.89. The van der Waals surface area contributed by atoms with Gasteiger partial charge < -0.3 is 15.5 Å². The topological polar surface area (TPSA) is 69.6 Å². The fourth-order valence-corrected chi connectivity index (χ4v) is 2.29. The van der Waals surface area contributed by atoms with Crippen LogP contribution in [-0.4, -0.2) is 29.3 Å². The summed E-state index contributed by atoms with van der Waals surface area (Å²) in [4.78, 5) is 11.1. The molecule has 4 nitrogen and oxygen atoms in total. The Morgan fingerprint density at radius 3 is 2.81 bits per heavy atom. The monoisotopic (exact) mass is 221 g/mol. The summed E-state index contributed by atoms with van der Waals surface area (Å²) in [5.74, 6) is -1.16. The fraction of sp³-hybridized carbons (Fsp3) is 0.417. The summed E-state index contributed by atoms with van der Waals surface area (Å²) >= 11 is 0. The summed E-state index contributed by atoms with van der Waals surface area (Å²) in [6, 6.07) is 6.99. The molecule has 2 atom stereocenters.